The maximum Gasteiger partial charge on any atom is 0.309 e. The zero-order valence-electron chi connectivity index (χ0n) is 20.1. The van der Waals surface area contributed by atoms with E-state index in [0.717, 1.165) is 29.0 Å². The topological polar surface area (TPSA) is 96.2 Å². The van der Waals surface area contributed by atoms with Gasteiger partial charge < -0.3 is 14.2 Å². The molecule has 0 bridgehead atoms. The third-order valence-electron chi connectivity index (χ3n) is 7.36. The Morgan fingerprint density at radius 2 is 1.71 bits per heavy atom. The van der Waals surface area contributed by atoms with Gasteiger partial charge in [-0.25, -0.2) is 0 Å². The number of ether oxygens (including phenoxy) is 3. The van der Waals surface area contributed by atoms with E-state index in [1.54, 1.807) is 20.4 Å². The quantitative estimate of drug-likeness (QED) is 0.614. The fourth-order valence-corrected chi connectivity index (χ4v) is 5.56. The summed E-state index contributed by atoms with van der Waals surface area (Å²) >= 11 is 0. The van der Waals surface area contributed by atoms with Crippen LogP contribution in [-0.2, 0) is 9.53 Å². The molecular weight excluding hydrogens is 444 g/mol. The van der Waals surface area contributed by atoms with Crippen molar-refractivity contribution in [1.29, 1.82) is 5.26 Å². The van der Waals surface area contributed by atoms with Gasteiger partial charge in [0.25, 0.3) is 0 Å². The second-order valence-corrected chi connectivity index (χ2v) is 9.21. The minimum atomic E-state index is -0.380. The Kier molecular flexibility index (Phi) is 6.35. The van der Waals surface area contributed by atoms with Gasteiger partial charge in [-0.2, -0.15) is 10.4 Å². The van der Waals surface area contributed by atoms with Crippen molar-refractivity contribution in [3.05, 3.63) is 59.7 Å². The SMILES string of the molecule is CCOC(=O)C1CC1C1NC2C(C#N)C=NN2C(c2ccc(OC)cc2)C1c1ccc(OC)cc1. The number of hydrogen-bond donors (Lipinski definition) is 1. The predicted molar refractivity (Wildman–Crippen MR) is 130 cm³/mol. The molecule has 8 nitrogen and oxygen atoms in total. The minimum Gasteiger partial charge on any atom is -0.497 e. The highest BCUT2D eigenvalue weighted by Gasteiger charge is 2.57. The van der Waals surface area contributed by atoms with Crippen molar-refractivity contribution in [2.75, 3.05) is 20.8 Å². The largest absolute Gasteiger partial charge is 0.497 e. The molecule has 182 valence electrons. The first-order valence-corrected chi connectivity index (χ1v) is 12.0. The van der Waals surface area contributed by atoms with Gasteiger partial charge in [-0.3, -0.25) is 15.1 Å². The van der Waals surface area contributed by atoms with Crippen molar-refractivity contribution in [3.63, 3.8) is 0 Å². The second-order valence-electron chi connectivity index (χ2n) is 9.21. The summed E-state index contributed by atoms with van der Waals surface area (Å²) in [5.41, 5.74) is 2.19. The number of esters is 1. The molecule has 2 aliphatic heterocycles. The number of nitriles is 1. The summed E-state index contributed by atoms with van der Waals surface area (Å²) in [6.07, 6.45) is 2.22. The van der Waals surface area contributed by atoms with Crippen LogP contribution in [-0.4, -0.2) is 50.2 Å². The molecule has 5 rings (SSSR count). The molecule has 1 aliphatic carbocycles. The Morgan fingerprint density at radius 1 is 1.09 bits per heavy atom. The van der Waals surface area contributed by atoms with Crippen LogP contribution in [0.4, 0.5) is 0 Å². The Bertz CT molecular complexity index is 1130. The smallest absolute Gasteiger partial charge is 0.309 e. The number of carbonyl (C=O) groups excluding carboxylic acids is 1. The van der Waals surface area contributed by atoms with Crippen LogP contribution in [0.2, 0.25) is 0 Å². The zero-order chi connectivity index (χ0) is 24.5. The number of carbonyl (C=O) groups is 1. The minimum absolute atomic E-state index is 0.0235. The Morgan fingerprint density at radius 3 is 2.29 bits per heavy atom. The van der Waals surface area contributed by atoms with Crippen LogP contribution in [0.3, 0.4) is 0 Å². The molecule has 8 heteroatoms. The fourth-order valence-electron chi connectivity index (χ4n) is 5.56. The van der Waals surface area contributed by atoms with E-state index in [-0.39, 0.29) is 47.9 Å². The molecule has 1 N–H and O–H groups in total. The van der Waals surface area contributed by atoms with E-state index >= 15 is 0 Å². The van der Waals surface area contributed by atoms with Crippen LogP contribution >= 0.6 is 0 Å². The average Bonchev–Trinajstić information content (AvgIpc) is 3.60. The van der Waals surface area contributed by atoms with Gasteiger partial charge in [-0.15, -0.1) is 0 Å². The lowest BCUT2D eigenvalue weighted by Crippen LogP contribution is -2.60. The van der Waals surface area contributed by atoms with Crippen LogP contribution in [0, 0.1) is 29.1 Å². The van der Waals surface area contributed by atoms with Crippen molar-refractivity contribution < 1.29 is 19.0 Å². The maximum atomic E-state index is 12.6. The van der Waals surface area contributed by atoms with Crippen molar-refractivity contribution in [3.8, 4) is 17.6 Å². The lowest BCUT2D eigenvalue weighted by molar-refractivity contribution is -0.145. The molecule has 2 aromatic rings. The molecule has 0 amide bonds. The molecule has 1 saturated heterocycles. The van der Waals surface area contributed by atoms with Gasteiger partial charge in [0, 0.05) is 18.2 Å². The van der Waals surface area contributed by atoms with Crippen molar-refractivity contribution >= 4 is 12.2 Å². The number of methoxy groups -OCH3 is 2. The fraction of sp³-hybridized carbons (Fsp3) is 0.444. The Hall–Kier alpha value is -3.57. The first-order valence-electron chi connectivity index (χ1n) is 12.0. The zero-order valence-corrected chi connectivity index (χ0v) is 20.1. The van der Waals surface area contributed by atoms with Gasteiger partial charge in [0.15, 0.2) is 0 Å². The maximum absolute atomic E-state index is 12.6. The summed E-state index contributed by atoms with van der Waals surface area (Å²) in [4.78, 5) is 12.6. The van der Waals surface area contributed by atoms with Crippen molar-refractivity contribution in [2.24, 2.45) is 22.9 Å². The number of rotatable bonds is 7. The van der Waals surface area contributed by atoms with Gasteiger partial charge in [0.1, 0.15) is 23.6 Å². The van der Waals surface area contributed by atoms with E-state index < -0.39 is 0 Å². The predicted octanol–water partition coefficient (Wildman–Crippen LogP) is 3.47. The van der Waals surface area contributed by atoms with E-state index in [9.17, 15) is 10.1 Å². The van der Waals surface area contributed by atoms with E-state index in [2.05, 4.69) is 35.7 Å². The highest BCUT2D eigenvalue weighted by molar-refractivity contribution is 5.76. The van der Waals surface area contributed by atoms with E-state index in [4.69, 9.17) is 19.3 Å². The van der Waals surface area contributed by atoms with Crippen LogP contribution < -0.4 is 14.8 Å². The summed E-state index contributed by atoms with van der Waals surface area (Å²) in [5.74, 6) is 0.993. The highest BCUT2D eigenvalue weighted by atomic mass is 16.5. The Balaban J connectivity index is 1.58. The molecule has 0 radical (unpaired) electrons. The van der Waals surface area contributed by atoms with Gasteiger partial charge >= 0.3 is 5.97 Å². The Labute approximate surface area is 205 Å². The summed E-state index contributed by atoms with van der Waals surface area (Å²) in [7, 11) is 3.30. The first-order chi connectivity index (χ1) is 17.1. The monoisotopic (exact) mass is 474 g/mol. The second kappa shape index (κ2) is 9.59. The summed E-state index contributed by atoms with van der Waals surface area (Å²) in [5, 5.41) is 20.2. The van der Waals surface area contributed by atoms with Crippen LogP contribution in [0.1, 0.15) is 36.4 Å². The number of hydrogen-bond acceptors (Lipinski definition) is 8. The molecule has 2 fully saturated rings. The summed E-state index contributed by atoms with van der Waals surface area (Å²) < 4.78 is 16.1. The molecule has 7 unspecified atom stereocenters. The number of fused-ring (bicyclic) bond motifs is 1. The third-order valence-corrected chi connectivity index (χ3v) is 7.36. The average molecular weight is 475 g/mol. The van der Waals surface area contributed by atoms with Crippen LogP contribution in [0.5, 0.6) is 11.5 Å². The van der Waals surface area contributed by atoms with Gasteiger partial charge in [-0.05, 0) is 54.7 Å². The van der Waals surface area contributed by atoms with Crippen molar-refractivity contribution in [1.82, 2.24) is 10.3 Å². The number of hydrazone groups is 1. The van der Waals surface area contributed by atoms with Gasteiger partial charge in [0.05, 0.1) is 38.9 Å². The molecule has 0 spiro atoms. The highest BCUT2D eigenvalue weighted by Crippen LogP contribution is 2.54. The van der Waals surface area contributed by atoms with E-state index in [0.29, 0.717) is 6.61 Å². The normalized spacial score (nSPS) is 30.8. The molecule has 2 heterocycles. The molecule has 7 atom stereocenters. The lowest BCUT2D eigenvalue weighted by Gasteiger charge is -2.48. The summed E-state index contributed by atoms with van der Waals surface area (Å²) in [6, 6.07) is 18.3. The third kappa shape index (κ3) is 4.21. The molecule has 2 aromatic carbocycles. The molecular formula is C27H30N4O4. The lowest BCUT2D eigenvalue weighted by atomic mass is 9.76. The van der Waals surface area contributed by atoms with Gasteiger partial charge in [-0.1, -0.05) is 24.3 Å². The number of benzene rings is 2. The van der Waals surface area contributed by atoms with Crippen LogP contribution in [0.25, 0.3) is 0 Å². The summed E-state index contributed by atoms with van der Waals surface area (Å²) in [6.45, 7) is 2.20. The first kappa shape index (κ1) is 23.2. The molecule has 1 saturated carbocycles. The molecule has 0 aromatic heterocycles. The standard InChI is InChI=1S/C27H30N4O4/c1-4-35-27(32)22-13-21(22)24-23(16-5-9-19(33-2)10-6-16)25(17-7-11-20(34-3)12-8-17)31-26(30-24)18(14-28)15-29-31/h5-12,15,18,21-26,30H,4,13H2,1-3H3. The number of nitrogens with zero attached hydrogens (tertiary/aromatic N) is 3. The number of nitrogens with one attached hydrogen (secondary N) is 1. The van der Waals surface area contributed by atoms with Gasteiger partial charge in [0.2, 0.25) is 0 Å². The van der Waals surface area contributed by atoms with Crippen molar-refractivity contribution in [2.45, 2.75) is 37.5 Å². The molecule has 3 aliphatic rings. The van der Waals surface area contributed by atoms with E-state index in [1.165, 1.54) is 0 Å². The van der Waals surface area contributed by atoms with Crippen LogP contribution in [0.15, 0.2) is 53.6 Å². The van der Waals surface area contributed by atoms with E-state index in [1.807, 2.05) is 36.2 Å². The molecule has 35 heavy (non-hydrogen) atoms.